The van der Waals surface area contributed by atoms with Crippen LogP contribution in [0.1, 0.15) is 37.2 Å². The van der Waals surface area contributed by atoms with Gasteiger partial charge in [-0.05, 0) is 49.8 Å². The van der Waals surface area contributed by atoms with E-state index < -0.39 is 0 Å². The second kappa shape index (κ2) is 6.02. The highest BCUT2D eigenvalue weighted by molar-refractivity contribution is 5.78. The van der Waals surface area contributed by atoms with Crippen LogP contribution in [0.15, 0.2) is 18.2 Å². The number of carbonyl (C=O) groups is 1. The van der Waals surface area contributed by atoms with Gasteiger partial charge in [0, 0.05) is 11.5 Å². The highest BCUT2D eigenvalue weighted by Crippen LogP contribution is 2.39. The molecule has 19 heavy (non-hydrogen) atoms. The number of hydrazine groups is 1. The van der Waals surface area contributed by atoms with E-state index in [1.54, 1.807) is 13.2 Å². The lowest BCUT2D eigenvalue weighted by Crippen LogP contribution is -2.37. The molecule has 0 saturated heterocycles. The van der Waals surface area contributed by atoms with Crippen molar-refractivity contribution in [3.63, 3.8) is 0 Å². The van der Waals surface area contributed by atoms with Gasteiger partial charge < -0.3 is 4.74 Å². The fourth-order valence-electron chi connectivity index (χ4n) is 2.81. The first-order valence-corrected chi connectivity index (χ1v) is 6.49. The van der Waals surface area contributed by atoms with E-state index in [-0.39, 0.29) is 23.6 Å². The molecule has 0 heterocycles. The zero-order chi connectivity index (χ0) is 13.8. The molecule has 0 aliphatic heterocycles. The van der Waals surface area contributed by atoms with Crippen LogP contribution in [0, 0.1) is 11.7 Å². The van der Waals surface area contributed by atoms with E-state index in [1.165, 1.54) is 12.1 Å². The number of amides is 1. The van der Waals surface area contributed by atoms with Crippen molar-refractivity contribution < 1.29 is 13.9 Å². The van der Waals surface area contributed by atoms with Gasteiger partial charge in [-0.1, -0.05) is 0 Å². The molecule has 0 unspecified atom stereocenters. The Morgan fingerprint density at radius 1 is 1.37 bits per heavy atom. The van der Waals surface area contributed by atoms with Gasteiger partial charge in [0.25, 0.3) is 0 Å². The van der Waals surface area contributed by atoms with Gasteiger partial charge in [0.05, 0.1) is 7.11 Å². The van der Waals surface area contributed by atoms with Crippen LogP contribution in [0.2, 0.25) is 0 Å². The second-order valence-corrected chi connectivity index (χ2v) is 4.94. The lowest BCUT2D eigenvalue weighted by atomic mass is 9.78. The molecule has 1 fully saturated rings. The summed E-state index contributed by atoms with van der Waals surface area (Å²) in [5.74, 6) is 5.72. The van der Waals surface area contributed by atoms with Crippen molar-refractivity contribution in [2.45, 2.75) is 31.6 Å². The molecular weight excluding hydrogens is 247 g/mol. The third-order valence-electron chi connectivity index (χ3n) is 3.87. The van der Waals surface area contributed by atoms with Gasteiger partial charge in [-0.2, -0.15) is 0 Å². The van der Waals surface area contributed by atoms with Gasteiger partial charge in [-0.25, -0.2) is 10.2 Å². The fraction of sp³-hybridized carbons (Fsp3) is 0.500. The molecule has 1 aromatic rings. The Hall–Kier alpha value is -1.62. The summed E-state index contributed by atoms with van der Waals surface area (Å²) in [7, 11) is 1.59. The Labute approximate surface area is 112 Å². The van der Waals surface area contributed by atoms with Gasteiger partial charge >= 0.3 is 0 Å². The van der Waals surface area contributed by atoms with Crippen LogP contribution in [-0.2, 0) is 4.79 Å². The van der Waals surface area contributed by atoms with Crippen molar-refractivity contribution in [2.75, 3.05) is 7.11 Å². The predicted molar refractivity (Wildman–Crippen MR) is 70.0 cm³/mol. The number of hydrogen-bond donors (Lipinski definition) is 2. The molecule has 1 aliphatic rings. The third-order valence-corrected chi connectivity index (χ3v) is 3.87. The topological polar surface area (TPSA) is 64.3 Å². The summed E-state index contributed by atoms with van der Waals surface area (Å²) in [6.07, 6.45) is 3.23. The smallest absolute Gasteiger partial charge is 0.236 e. The van der Waals surface area contributed by atoms with Crippen LogP contribution in [0.25, 0.3) is 0 Å². The minimum absolute atomic E-state index is 0.0270. The van der Waals surface area contributed by atoms with E-state index in [1.807, 2.05) is 0 Å². The molecule has 0 spiro atoms. The molecule has 1 amide bonds. The van der Waals surface area contributed by atoms with Crippen molar-refractivity contribution in [3.8, 4) is 5.75 Å². The van der Waals surface area contributed by atoms with Crippen molar-refractivity contribution in [2.24, 2.45) is 11.8 Å². The van der Waals surface area contributed by atoms with Crippen LogP contribution in [0.3, 0.4) is 0 Å². The highest BCUT2D eigenvalue weighted by Gasteiger charge is 2.28. The number of benzene rings is 1. The molecule has 0 radical (unpaired) electrons. The van der Waals surface area contributed by atoms with Crippen LogP contribution in [0.5, 0.6) is 5.75 Å². The zero-order valence-corrected chi connectivity index (χ0v) is 11.0. The molecule has 2 rings (SSSR count). The molecule has 4 nitrogen and oxygen atoms in total. The largest absolute Gasteiger partial charge is 0.496 e. The second-order valence-electron chi connectivity index (χ2n) is 4.94. The molecule has 1 saturated carbocycles. The highest BCUT2D eigenvalue weighted by atomic mass is 19.1. The van der Waals surface area contributed by atoms with E-state index in [2.05, 4.69) is 5.43 Å². The average molecular weight is 266 g/mol. The summed E-state index contributed by atoms with van der Waals surface area (Å²) < 4.78 is 18.6. The number of halogens is 1. The van der Waals surface area contributed by atoms with Gasteiger partial charge in [0.15, 0.2) is 0 Å². The molecule has 1 aromatic carbocycles. The normalized spacial score (nSPS) is 22.9. The standard InChI is InChI=1S/C14H19FN2O2/c1-19-13-7-6-11(15)8-12(13)9-2-4-10(5-3-9)14(18)17-16/h6-10H,2-5,16H2,1H3,(H,17,18). The number of carbonyl (C=O) groups excluding carboxylic acids is 1. The molecule has 1 aliphatic carbocycles. The average Bonchev–Trinajstić information content (AvgIpc) is 2.46. The van der Waals surface area contributed by atoms with Gasteiger partial charge in [-0.15, -0.1) is 0 Å². The predicted octanol–water partition coefficient (Wildman–Crippen LogP) is 2.10. The third kappa shape index (κ3) is 3.04. The summed E-state index contributed by atoms with van der Waals surface area (Å²) in [4.78, 5) is 11.5. The van der Waals surface area contributed by atoms with Crippen LogP contribution >= 0.6 is 0 Å². The van der Waals surface area contributed by atoms with Crippen LogP contribution in [-0.4, -0.2) is 13.0 Å². The number of ether oxygens (including phenoxy) is 1. The SMILES string of the molecule is COc1ccc(F)cc1C1CCC(C(=O)NN)CC1. The Kier molecular flexibility index (Phi) is 4.37. The monoisotopic (exact) mass is 266 g/mol. The van der Waals surface area contributed by atoms with Crippen molar-refractivity contribution >= 4 is 5.91 Å². The molecule has 0 atom stereocenters. The van der Waals surface area contributed by atoms with E-state index in [9.17, 15) is 9.18 Å². The van der Waals surface area contributed by atoms with E-state index in [0.717, 1.165) is 31.2 Å². The summed E-state index contributed by atoms with van der Waals surface area (Å²) in [5.41, 5.74) is 3.09. The Balaban J connectivity index is 2.09. The van der Waals surface area contributed by atoms with Gasteiger partial charge in [0.1, 0.15) is 11.6 Å². The molecule has 5 heteroatoms. The summed E-state index contributed by atoms with van der Waals surface area (Å²) in [6, 6.07) is 4.59. The van der Waals surface area contributed by atoms with E-state index >= 15 is 0 Å². The first-order valence-electron chi connectivity index (χ1n) is 6.49. The minimum atomic E-state index is -0.252. The minimum Gasteiger partial charge on any atom is -0.496 e. The van der Waals surface area contributed by atoms with E-state index in [4.69, 9.17) is 10.6 Å². The van der Waals surface area contributed by atoms with Gasteiger partial charge in [-0.3, -0.25) is 10.2 Å². The Morgan fingerprint density at radius 3 is 2.63 bits per heavy atom. The number of rotatable bonds is 3. The molecule has 0 aromatic heterocycles. The quantitative estimate of drug-likeness (QED) is 0.500. The first-order chi connectivity index (χ1) is 9.15. The zero-order valence-electron chi connectivity index (χ0n) is 11.0. The van der Waals surface area contributed by atoms with Crippen molar-refractivity contribution in [1.82, 2.24) is 5.43 Å². The summed E-state index contributed by atoms with van der Waals surface area (Å²) in [6.45, 7) is 0. The van der Waals surface area contributed by atoms with Crippen molar-refractivity contribution in [1.29, 1.82) is 0 Å². The molecular formula is C14H19FN2O2. The maximum atomic E-state index is 13.4. The lowest BCUT2D eigenvalue weighted by Gasteiger charge is -2.28. The lowest BCUT2D eigenvalue weighted by molar-refractivity contribution is -0.126. The number of nitrogens with two attached hydrogens (primary N) is 1. The first kappa shape index (κ1) is 13.8. The van der Waals surface area contributed by atoms with E-state index in [0.29, 0.717) is 5.75 Å². The number of methoxy groups -OCH3 is 1. The number of nitrogens with one attached hydrogen (secondary N) is 1. The maximum absolute atomic E-state index is 13.4. The van der Waals surface area contributed by atoms with Gasteiger partial charge in [0.2, 0.25) is 5.91 Å². The summed E-state index contributed by atoms with van der Waals surface area (Å²) >= 11 is 0. The molecule has 3 N–H and O–H groups in total. The Bertz CT molecular complexity index is 457. The molecule has 0 bridgehead atoms. The molecule has 104 valence electrons. The maximum Gasteiger partial charge on any atom is 0.236 e. The fourth-order valence-corrected chi connectivity index (χ4v) is 2.81. The number of hydrogen-bond acceptors (Lipinski definition) is 3. The van der Waals surface area contributed by atoms with Crippen LogP contribution in [0.4, 0.5) is 4.39 Å². The summed E-state index contributed by atoms with van der Waals surface area (Å²) in [5, 5.41) is 0. The Morgan fingerprint density at radius 2 is 2.05 bits per heavy atom. The van der Waals surface area contributed by atoms with Crippen LogP contribution < -0.4 is 16.0 Å². The van der Waals surface area contributed by atoms with Crippen molar-refractivity contribution in [3.05, 3.63) is 29.6 Å².